The molecule has 4 nitrogen and oxygen atoms in total. The number of fused-ring (bicyclic) bond motifs is 1. The van der Waals surface area contributed by atoms with Crippen molar-refractivity contribution in [3.63, 3.8) is 0 Å². The highest BCUT2D eigenvalue weighted by atomic mass is 32.1. The van der Waals surface area contributed by atoms with Crippen LogP contribution in [0.4, 0.5) is 5.69 Å². The minimum atomic E-state index is -0.207. The lowest BCUT2D eigenvalue weighted by Crippen LogP contribution is -2.11. The minimum absolute atomic E-state index is 0.0334. The largest absolute Gasteiger partial charge is 0.493 e. The van der Waals surface area contributed by atoms with Crippen LogP contribution in [0, 0.1) is 13.8 Å². The second-order valence-electron chi connectivity index (χ2n) is 6.06. The fraction of sp³-hybridized carbons (Fsp3) is 0.100. The van der Waals surface area contributed by atoms with Crippen LogP contribution < -0.4 is 4.87 Å². The molecule has 0 aliphatic carbocycles. The van der Waals surface area contributed by atoms with Gasteiger partial charge in [-0.15, -0.1) is 0 Å². The molecule has 0 fully saturated rings. The van der Waals surface area contributed by atoms with Crippen molar-refractivity contribution < 1.29 is 5.11 Å². The van der Waals surface area contributed by atoms with Crippen molar-refractivity contribution in [1.82, 2.24) is 4.57 Å². The van der Waals surface area contributed by atoms with Crippen molar-refractivity contribution in [2.75, 3.05) is 0 Å². The second kappa shape index (κ2) is 5.86. The van der Waals surface area contributed by atoms with E-state index in [0.717, 1.165) is 39.3 Å². The topological polar surface area (TPSA) is 54.6 Å². The van der Waals surface area contributed by atoms with E-state index in [1.165, 1.54) is 4.57 Å². The molecule has 0 saturated heterocycles. The number of aromatic nitrogens is 1. The molecule has 3 aromatic rings. The van der Waals surface area contributed by atoms with Crippen molar-refractivity contribution >= 4 is 34.9 Å². The molecular formula is C20H16N2O2S. The summed E-state index contributed by atoms with van der Waals surface area (Å²) in [5, 5.41) is 10.7. The van der Waals surface area contributed by atoms with Gasteiger partial charge in [-0.05, 0) is 43.2 Å². The molecule has 0 spiro atoms. The Morgan fingerprint density at radius 1 is 1.16 bits per heavy atom. The molecule has 0 amide bonds. The van der Waals surface area contributed by atoms with Gasteiger partial charge in [0.05, 0.1) is 16.3 Å². The van der Waals surface area contributed by atoms with E-state index in [1.807, 2.05) is 62.4 Å². The fourth-order valence-corrected chi connectivity index (χ4v) is 3.78. The average molecular weight is 348 g/mol. The van der Waals surface area contributed by atoms with Gasteiger partial charge in [0.25, 0.3) is 0 Å². The zero-order valence-corrected chi connectivity index (χ0v) is 14.7. The summed E-state index contributed by atoms with van der Waals surface area (Å²) in [5.41, 5.74) is 5.47. The van der Waals surface area contributed by atoms with E-state index in [1.54, 1.807) is 6.21 Å². The molecule has 2 heterocycles. The maximum absolute atomic E-state index is 12.5. The molecule has 0 bridgehead atoms. The van der Waals surface area contributed by atoms with Gasteiger partial charge in [0, 0.05) is 17.4 Å². The number of thiazole rings is 1. The second-order valence-corrected chi connectivity index (χ2v) is 7.05. The van der Waals surface area contributed by atoms with Crippen LogP contribution in [0.15, 0.2) is 52.3 Å². The van der Waals surface area contributed by atoms with Gasteiger partial charge in [-0.3, -0.25) is 9.79 Å². The Bertz CT molecular complexity index is 1100. The first-order valence-electron chi connectivity index (χ1n) is 7.92. The lowest BCUT2D eigenvalue weighted by molar-refractivity contribution is 0.439. The number of benzene rings is 2. The van der Waals surface area contributed by atoms with Crippen LogP contribution in [0.5, 0.6) is 5.88 Å². The molecule has 2 aromatic carbocycles. The molecule has 0 saturated carbocycles. The first-order chi connectivity index (χ1) is 12.0. The molecule has 0 unspecified atom stereocenters. The number of aliphatic imine (C=N–C) groups is 1. The van der Waals surface area contributed by atoms with Crippen LogP contribution in [0.25, 0.3) is 17.3 Å². The monoisotopic (exact) mass is 348 g/mol. The number of nitrogens with zero attached hydrogens (tertiary/aromatic N) is 2. The van der Waals surface area contributed by atoms with Gasteiger partial charge in [0.1, 0.15) is 0 Å². The Balaban J connectivity index is 1.85. The molecule has 0 atom stereocenters. The smallest absolute Gasteiger partial charge is 0.315 e. The maximum Gasteiger partial charge on any atom is 0.315 e. The van der Waals surface area contributed by atoms with Gasteiger partial charge in [-0.1, -0.05) is 41.7 Å². The third kappa shape index (κ3) is 2.62. The number of hydrogen-bond donors (Lipinski definition) is 1. The van der Waals surface area contributed by atoms with Gasteiger partial charge in [-0.25, -0.2) is 4.57 Å². The maximum atomic E-state index is 12.5. The molecular weight excluding hydrogens is 332 g/mol. The predicted molar refractivity (Wildman–Crippen MR) is 104 cm³/mol. The lowest BCUT2D eigenvalue weighted by atomic mass is 10.1. The van der Waals surface area contributed by atoms with Gasteiger partial charge >= 0.3 is 4.87 Å². The number of para-hydroxylation sites is 1. The van der Waals surface area contributed by atoms with Gasteiger partial charge in [-0.2, -0.15) is 0 Å². The summed E-state index contributed by atoms with van der Waals surface area (Å²) in [6.45, 7) is 3.89. The zero-order valence-electron chi connectivity index (χ0n) is 13.9. The third-order valence-electron chi connectivity index (χ3n) is 4.26. The zero-order chi connectivity index (χ0) is 17.6. The number of aromatic hydroxyl groups is 1. The number of rotatable bonds is 2. The van der Waals surface area contributed by atoms with Crippen LogP contribution in [0.1, 0.15) is 21.6 Å². The van der Waals surface area contributed by atoms with Crippen LogP contribution in [-0.2, 0) is 0 Å². The Morgan fingerprint density at radius 3 is 2.80 bits per heavy atom. The Morgan fingerprint density at radius 2 is 1.96 bits per heavy atom. The molecule has 124 valence electrons. The Labute approximate surface area is 149 Å². The summed E-state index contributed by atoms with van der Waals surface area (Å²) < 4.78 is 1.37. The van der Waals surface area contributed by atoms with Crippen LogP contribution in [0.3, 0.4) is 0 Å². The summed E-state index contributed by atoms with van der Waals surface area (Å²) in [6, 6.07) is 13.7. The van der Waals surface area contributed by atoms with Gasteiger partial charge in [0.2, 0.25) is 5.88 Å². The molecule has 5 heteroatoms. The van der Waals surface area contributed by atoms with E-state index >= 15 is 0 Å². The van der Waals surface area contributed by atoms with Crippen molar-refractivity contribution in [1.29, 1.82) is 0 Å². The number of allylic oxidation sites excluding steroid dienone is 1. The highest BCUT2D eigenvalue weighted by Crippen LogP contribution is 2.35. The number of aryl methyl sites for hydroxylation is 2. The highest BCUT2D eigenvalue weighted by molar-refractivity contribution is 7.10. The Kier molecular flexibility index (Phi) is 3.66. The van der Waals surface area contributed by atoms with Gasteiger partial charge in [0.15, 0.2) is 0 Å². The van der Waals surface area contributed by atoms with E-state index in [4.69, 9.17) is 0 Å². The van der Waals surface area contributed by atoms with Crippen molar-refractivity contribution in [2.45, 2.75) is 13.8 Å². The standard InChI is InChI=1S/C20H16N2O2S/c1-12-7-8-13(2)17(9-12)22-19(23)18(25-20(22)24)10-14-11-21-16-6-4-3-5-15(14)16/h3-11,23H,1-2H3/b14-10+. The van der Waals surface area contributed by atoms with Crippen LogP contribution >= 0.6 is 11.3 Å². The summed E-state index contributed by atoms with van der Waals surface area (Å²) in [6.07, 6.45) is 3.58. The first-order valence-corrected chi connectivity index (χ1v) is 8.74. The summed E-state index contributed by atoms with van der Waals surface area (Å²) >= 11 is 1.03. The minimum Gasteiger partial charge on any atom is -0.493 e. The van der Waals surface area contributed by atoms with E-state index in [9.17, 15) is 9.90 Å². The molecule has 0 radical (unpaired) electrons. The predicted octanol–water partition coefficient (Wildman–Crippen LogP) is 4.48. The molecule has 1 aliphatic heterocycles. The average Bonchev–Trinajstić information content (AvgIpc) is 3.12. The first kappa shape index (κ1) is 15.6. The molecule has 1 N–H and O–H groups in total. The lowest BCUT2D eigenvalue weighted by Gasteiger charge is -2.08. The normalized spacial score (nSPS) is 14.2. The van der Waals surface area contributed by atoms with E-state index in [2.05, 4.69) is 4.99 Å². The molecule has 25 heavy (non-hydrogen) atoms. The van der Waals surface area contributed by atoms with Crippen molar-refractivity contribution in [3.8, 4) is 11.6 Å². The molecule has 1 aliphatic rings. The fourth-order valence-electron chi connectivity index (χ4n) is 2.94. The summed E-state index contributed by atoms with van der Waals surface area (Å²) in [5.74, 6) is -0.0334. The molecule has 4 rings (SSSR count). The Hall–Kier alpha value is -2.92. The van der Waals surface area contributed by atoms with Crippen molar-refractivity contribution in [2.24, 2.45) is 4.99 Å². The van der Waals surface area contributed by atoms with Gasteiger partial charge < -0.3 is 5.11 Å². The van der Waals surface area contributed by atoms with Crippen LogP contribution in [-0.4, -0.2) is 15.9 Å². The van der Waals surface area contributed by atoms with E-state index in [-0.39, 0.29) is 10.8 Å². The van der Waals surface area contributed by atoms with Crippen molar-refractivity contribution in [3.05, 3.63) is 73.7 Å². The van der Waals surface area contributed by atoms with E-state index in [0.29, 0.717) is 10.6 Å². The highest BCUT2D eigenvalue weighted by Gasteiger charge is 2.18. The third-order valence-corrected chi connectivity index (χ3v) is 5.14. The summed E-state index contributed by atoms with van der Waals surface area (Å²) in [7, 11) is 0. The van der Waals surface area contributed by atoms with Crippen LogP contribution in [0.2, 0.25) is 0 Å². The molecule has 1 aromatic heterocycles. The van der Waals surface area contributed by atoms with E-state index < -0.39 is 0 Å². The number of hydrogen-bond acceptors (Lipinski definition) is 4. The quantitative estimate of drug-likeness (QED) is 0.742. The SMILES string of the molecule is Cc1ccc(C)c(-n2c(O)c(/C=C3\C=Nc4ccccc43)sc2=O)c1. The summed E-state index contributed by atoms with van der Waals surface area (Å²) in [4.78, 5) is 17.2.